The lowest BCUT2D eigenvalue weighted by Crippen LogP contribution is -2.42. The van der Waals surface area contributed by atoms with Crippen LogP contribution >= 0.6 is 0 Å². The van der Waals surface area contributed by atoms with Gasteiger partial charge < -0.3 is 15.1 Å². The van der Waals surface area contributed by atoms with Gasteiger partial charge in [0, 0.05) is 18.7 Å². The largest absolute Gasteiger partial charge is 0.478 e. The third kappa shape index (κ3) is 4.37. The Bertz CT molecular complexity index is 459. The zero-order chi connectivity index (χ0) is 14.6. The zero-order valence-corrected chi connectivity index (χ0v) is 11.4. The van der Waals surface area contributed by atoms with Gasteiger partial charge in [-0.05, 0) is 45.0 Å². The van der Waals surface area contributed by atoms with Crippen LogP contribution in [0.15, 0.2) is 24.3 Å². The molecular formula is C14H19NO4. The second-order valence-corrected chi connectivity index (χ2v) is 5.01. The number of hydrogen-bond donors (Lipinski definition) is 2. The quantitative estimate of drug-likeness (QED) is 0.848. The molecule has 0 atom stereocenters. The highest BCUT2D eigenvalue weighted by Gasteiger charge is 2.22. The van der Waals surface area contributed by atoms with E-state index in [-0.39, 0.29) is 18.0 Å². The minimum Gasteiger partial charge on any atom is -0.478 e. The summed E-state index contributed by atoms with van der Waals surface area (Å²) in [5, 5.41) is 18.6. The number of rotatable bonds is 5. The summed E-state index contributed by atoms with van der Waals surface area (Å²) < 4.78 is 0. The van der Waals surface area contributed by atoms with Crippen molar-refractivity contribution in [3.8, 4) is 0 Å². The summed E-state index contributed by atoms with van der Waals surface area (Å²) in [6.07, 6.45) is 0. The molecule has 2 N–H and O–H groups in total. The molecule has 19 heavy (non-hydrogen) atoms. The molecule has 104 valence electrons. The molecule has 0 aliphatic carbocycles. The van der Waals surface area contributed by atoms with Gasteiger partial charge >= 0.3 is 5.97 Å². The lowest BCUT2D eigenvalue weighted by Gasteiger charge is -2.28. The van der Waals surface area contributed by atoms with E-state index in [1.165, 1.54) is 29.2 Å². The molecule has 0 saturated carbocycles. The Balaban J connectivity index is 2.88. The van der Waals surface area contributed by atoms with Crippen molar-refractivity contribution in [3.63, 3.8) is 0 Å². The van der Waals surface area contributed by atoms with Gasteiger partial charge in [0.05, 0.1) is 11.2 Å². The minimum atomic E-state index is -1.03. The number of likely N-dealkylation sites (N-methyl/N-ethyl adjacent to an activating group) is 1. The van der Waals surface area contributed by atoms with Crippen LogP contribution in [0.25, 0.3) is 0 Å². The monoisotopic (exact) mass is 265 g/mol. The van der Waals surface area contributed by atoms with Crippen molar-refractivity contribution in [1.82, 2.24) is 4.90 Å². The van der Waals surface area contributed by atoms with E-state index in [1.807, 2.05) is 6.92 Å². The van der Waals surface area contributed by atoms with Gasteiger partial charge in [-0.3, -0.25) is 4.79 Å². The van der Waals surface area contributed by atoms with Crippen molar-refractivity contribution < 1.29 is 19.8 Å². The van der Waals surface area contributed by atoms with Crippen molar-refractivity contribution in [1.29, 1.82) is 0 Å². The number of carbonyl (C=O) groups excluding carboxylic acids is 1. The highest BCUT2D eigenvalue weighted by molar-refractivity contribution is 5.95. The smallest absolute Gasteiger partial charge is 0.335 e. The lowest BCUT2D eigenvalue weighted by atomic mass is 10.1. The van der Waals surface area contributed by atoms with Crippen LogP contribution in [-0.4, -0.2) is 45.7 Å². The Kier molecular flexibility index (Phi) is 4.67. The van der Waals surface area contributed by atoms with Crippen molar-refractivity contribution in [2.45, 2.75) is 26.4 Å². The van der Waals surface area contributed by atoms with Gasteiger partial charge in [-0.1, -0.05) is 0 Å². The average molecular weight is 265 g/mol. The van der Waals surface area contributed by atoms with E-state index in [2.05, 4.69) is 0 Å². The summed E-state index contributed by atoms with van der Waals surface area (Å²) in [7, 11) is 0. The number of carboxylic acids is 1. The number of nitrogens with zero attached hydrogens (tertiary/aromatic N) is 1. The van der Waals surface area contributed by atoms with Crippen molar-refractivity contribution in [3.05, 3.63) is 35.4 Å². The molecule has 0 aromatic heterocycles. The maximum atomic E-state index is 12.2. The molecule has 0 aliphatic rings. The van der Waals surface area contributed by atoms with Crippen LogP contribution < -0.4 is 0 Å². The molecule has 1 aromatic carbocycles. The summed E-state index contributed by atoms with van der Waals surface area (Å²) in [6, 6.07) is 5.76. The van der Waals surface area contributed by atoms with Gasteiger partial charge in [0.15, 0.2) is 0 Å². The standard InChI is InChI=1S/C14H19NO4/c1-4-15(9-14(2,3)19)12(16)10-5-7-11(8-6-10)13(17)18/h5-8,19H,4,9H2,1-3H3,(H,17,18). The average Bonchev–Trinajstić information content (AvgIpc) is 2.34. The molecule has 0 unspecified atom stereocenters. The minimum absolute atomic E-state index is 0.141. The summed E-state index contributed by atoms with van der Waals surface area (Å²) >= 11 is 0. The molecule has 0 spiro atoms. The molecule has 0 fully saturated rings. The van der Waals surface area contributed by atoms with Crippen LogP contribution in [0.2, 0.25) is 0 Å². The molecular weight excluding hydrogens is 246 g/mol. The number of hydrogen-bond acceptors (Lipinski definition) is 3. The Morgan fingerprint density at radius 2 is 1.63 bits per heavy atom. The van der Waals surface area contributed by atoms with E-state index < -0.39 is 11.6 Å². The fourth-order valence-electron chi connectivity index (χ4n) is 1.73. The summed E-state index contributed by atoms with van der Waals surface area (Å²) in [4.78, 5) is 24.5. The maximum Gasteiger partial charge on any atom is 0.335 e. The van der Waals surface area contributed by atoms with Crippen LogP contribution in [0.4, 0.5) is 0 Å². The molecule has 0 saturated heterocycles. The van der Waals surface area contributed by atoms with Crippen LogP contribution in [0.5, 0.6) is 0 Å². The summed E-state index contributed by atoms with van der Waals surface area (Å²) in [6.45, 7) is 5.80. The number of amides is 1. The maximum absolute atomic E-state index is 12.2. The Morgan fingerprint density at radius 3 is 2.00 bits per heavy atom. The normalized spacial score (nSPS) is 11.2. The number of benzene rings is 1. The van der Waals surface area contributed by atoms with Crippen molar-refractivity contribution in [2.24, 2.45) is 0 Å². The first kappa shape index (κ1) is 15.2. The molecule has 5 heteroatoms. The van der Waals surface area contributed by atoms with Crippen molar-refractivity contribution >= 4 is 11.9 Å². The number of carbonyl (C=O) groups is 2. The summed E-state index contributed by atoms with van der Waals surface area (Å²) in [5.74, 6) is -1.25. The van der Waals surface area contributed by atoms with Gasteiger partial charge in [0.25, 0.3) is 5.91 Å². The first-order valence-corrected chi connectivity index (χ1v) is 6.09. The van der Waals surface area contributed by atoms with Crippen LogP contribution in [0.1, 0.15) is 41.5 Å². The van der Waals surface area contributed by atoms with Gasteiger partial charge in [-0.2, -0.15) is 0 Å². The Morgan fingerprint density at radius 1 is 1.16 bits per heavy atom. The van der Waals surface area contributed by atoms with Gasteiger partial charge in [-0.25, -0.2) is 4.79 Å². The first-order chi connectivity index (χ1) is 8.74. The fraction of sp³-hybridized carbons (Fsp3) is 0.429. The highest BCUT2D eigenvalue weighted by Crippen LogP contribution is 2.11. The Hall–Kier alpha value is -1.88. The second kappa shape index (κ2) is 5.84. The van der Waals surface area contributed by atoms with E-state index in [4.69, 9.17) is 5.11 Å². The molecule has 1 amide bonds. The van der Waals surface area contributed by atoms with E-state index in [1.54, 1.807) is 13.8 Å². The molecule has 1 rings (SSSR count). The van der Waals surface area contributed by atoms with E-state index in [0.29, 0.717) is 12.1 Å². The van der Waals surface area contributed by atoms with Gasteiger partial charge in [-0.15, -0.1) is 0 Å². The number of aliphatic hydroxyl groups is 1. The molecule has 0 heterocycles. The SMILES string of the molecule is CCN(CC(C)(C)O)C(=O)c1ccc(C(=O)O)cc1. The van der Waals surface area contributed by atoms with E-state index in [9.17, 15) is 14.7 Å². The number of aromatic carboxylic acids is 1. The van der Waals surface area contributed by atoms with Gasteiger partial charge in [0.2, 0.25) is 0 Å². The third-order valence-electron chi connectivity index (χ3n) is 2.63. The molecule has 0 bridgehead atoms. The predicted molar refractivity (Wildman–Crippen MR) is 71.3 cm³/mol. The zero-order valence-electron chi connectivity index (χ0n) is 11.4. The summed E-state index contributed by atoms with van der Waals surface area (Å²) in [5.41, 5.74) is -0.412. The Labute approximate surface area is 112 Å². The van der Waals surface area contributed by atoms with Crippen LogP contribution in [0.3, 0.4) is 0 Å². The molecule has 1 aromatic rings. The van der Waals surface area contributed by atoms with Crippen LogP contribution in [0, 0.1) is 0 Å². The van der Waals surface area contributed by atoms with Crippen molar-refractivity contribution in [2.75, 3.05) is 13.1 Å². The van der Waals surface area contributed by atoms with Crippen LogP contribution in [-0.2, 0) is 0 Å². The second-order valence-electron chi connectivity index (χ2n) is 5.01. The van der Waals surface area contributed by atoms with Gasteiger partial charge in [0.1, 0.15) is 0 Å². The van der Waals surface area contributed by atoms with E-state index >= 15 is 0 Å². The highest BCUT2D eigenvalue weighted by atomic mass is 16.4. The topological polar surface area (TPSA) is 77.8 Å². The molecule has 5 nitrogen and oxygen atoms in total. The predicted octanol–water partition coefficient (Wildman–Crippen LogP) is 1.62. The van der Waals surface area contributed by atoms with E-state index in [0.717, 1.165) is 0 Å². The number of carboxylic acid groups (broad SMARTS) is 1. The fourth-order valence-corrected chi connectivity index (χ4v) is 1.73. The first-order valence-electron chi connectivity index (χ1n) is 6.09. The molecule has 0 radical (unpaired) electrons. The lowest BCUT2D eigenvalue weighted by molar-refractivity contribution is 0.0314. The molecule has 0 aliphatic heterocycles. The third-order valence-corrected chi connectivity index (χ3v) is 2.63.